The first kappa shape index (κ1) is 20.2. The monoisotopic (exact) mass is 474 g/mol. The van der Waals surface area contributed by atoms with Crippen LogP contribution in [0.15, 0.2) is 40.1 Å². The zero-order valence-corrected chi connectivity index (χ0v) is 18.7. The van der Waals surface area contributed by atoms with Gasteiger partial charge in [0.15, 0.2) is 10.8 Å². The Labute approximate surface area is 182 Å². The Balaban J connectivity index is 1.51. The molecule has 0 aliphatic carbocycles. The van der Waals surface area contributed by atoms with Crippen LogP contribution in [0.4, 0.5) is 5.82 Å². The predicted octanol–water partition coefficient (Wildman–Crippen LogP) is 3.73. The molecule has 9 heteroatoms. The highest BCUT2D eigenvalue weighted by molar-refractivity contribution is 9.10. The van der Waals surface area contributed by atoms with E-state index >= 15 is 0 Å². The summed E-state index contributed by atoms with van der Waals surface area (Å²) in [5.41, 5.74) is 1.45. The van der Waals surface area contributed by atoms with Crippen molar-refractivity contribution in [2.24, 2.45) is 0 Å². The molecular weight excluding hydrogens is 452 g/mol. The van der Waals surface area contributed by atoms with E-state index in [2.05, 4.69) is 36.2 Å². The maximum Gasteiger partial charge on any atom is 0.251 e. The second-order valence-electron chi connectivity index (χ2n) is 6.95. The number of amides is 1. The third-order valence-corrected chi connectivity index (χ3v) is 6.03. The molecule has 1 amide bonds. The van der Waals surface area contributed by atoms with Crippen LogP contribution in [-0.4, -0.2) is 51.5 Å². The van der Waals surface area contributed by atoms with E-state index in [0.717, 1.165) is 39.6 Å². The number of nitrogens with zero attached hydrogens (tertiary/aromatic N) is 5. The summed E-state index contributed by atoms with van der Waals surface area (Å²) in [6.45, 7) is 3.06. The van der Waals surface area contributed by atoms with Gasteiger partial charge in [-0.1, -0.05) is 33.8 Å². The van der Waals surface area contributed by atoms with Gasteiger partial charge in [0.2, 0.25) is 0 Å². The number of fused-ring (bicyclic) bond motifs is 1. The summed E-state index contributed by atoms with van der Waals surface area (Å²) in [5.74, 6) is 0.875. The van der Waals surface area contributed by atoms with Crippen molar-refractivity contribution in [1.82, 2.24) is 25.1 Å². The Morgan fingerprint density at radius 2 is 2.07 bits per heavy atom. The zero-order valence-electron chi connectivity index (χ0n) is 16.3. The van der Waals surface area contributed by atoms with E-state index in [0.29, 0.717) is 18.7 Å². The van der Waals surface area contributed by atoms with Crippen LogP contribution in [0.2, 0.25) is 0 Å². The molecule has 4 rings (SSSR count). The van der Waals surface area contributed by atoms with Crippen LogP contribution >= 0.6 is 27.7 Å². The van der Waals surface area contributed by atoms with Crippen molar-refractivity contribution < 1.29 is 4.79 Å². The summed E-state index contributed by atoms with van der Waals surface area (Å²) in [7, 11) is 0. The van der Waals surface area contributed by atoms with Crippen molar-refractivity contribution in [1.29, 1.82) is 0 Å². The fourth-order valence-corrected chi connectivity index (χ4v) is 4.28. The van der Waals surface area contributed by atoms with Crippen molar-refractivity contribution in [3.05, 3.63) is 40.5 Å². The van der Waals surface area contributed by atoms with Crippen molar-refractivity contribution >= 4 is 50.5 Å². The van der Waals surface area contributed by atoms with Crippen LogP contribution < -0.4 is 10.2 Å². The van der Waals surface area contributed by atoms with Gasteiger partial charge in [0.1, 0.15) is 5.82 Å². The Hall–Kier alpha value is -2.13. The summed E-state index contributed by atoms with van der Waals surface area (Å²) in [6, 6.07) is 7.35. The van der Waals surface area contributed by atoms with Crippen LogP contribution in [-0.2, 0) is 6.54 Å². The molecule has 1 aliphatic rings. The van der Waals surface area contributed by atoms with Crippen LogP contribution in [0.1, 0.15) is 29.6 Å². The summed E-state index contributed by atoms with van der Waals surface area (Å²) < 4.78 is 2.74. The van der Waals surface area contributed by atoms with Crippen molar-refractivity contribution in [2.45, 2.75) is 31.0 Å². The molecule has 0 bridgehead atoms. The lowest BCUT2D eigenvalue weighted by Gasteiger charge is -2.28. The number of thioether (sulfide) groups is 1. The van der Waals surface area contributed by atoms with Crippen molar-refractivity contribution in [3.8, 4) is 0 Å². The van der Waals surface area contributed by atoms with E-state index in [1.54, 1.807) is 6.07 Å². The molecular formula is C20H23BrN6OS. The standard InChI is InChI=1S/C20H23BrN6OS/c1-29-20-24-17(26-9-3-2-4-10-26)16-13-23-27(18(16)25-20)11-8-22-19(28)14-6-5-7-15(21)12-14/h5-7,12-13H,2-4,8-11H2,1H3,(H,22,28). The highest BCUT2D eigenvalue weighted by atomic mass is 79.9. The average Bonchev–Trinajstić information content (AvgIpc) is 3.16. The second-order valence-corrected chi connectivity index (χ2v) is 8.64. The Kier molecular flexibility index (Phi) is 6.34. The van der Waals surface area contributed by atoms with Crippen LogP contribution in [0.5, 0.6) is 0 Å². The molecule has 7 nitrogen and oxygen atoms in total. The van der Waals surface area contributed by atoms with Crippen LogP contribution in [0.3, 0.4) is 0 Å². The first-order valence-electron chi connectivity index (χ1n) is 9.72. The topological polar surface area (TPSA) is 75.9 Å². The lowest BCUT2D eigenvalue weighted by Crippen LogP contribution is -2.30. The summed E-state index contributed by atoms with van der Waals surface area (Å²) in [5, 5.41) is 9.21. The molecule has 152 valence electrons. The fraction of sp³-hybridized carbons (Fsp3) is 0.400. The van der Waals surface area contributed by atoms with E-state index in [1.807, 2.05) is 35.3 Å². The van der Waals surface area contributed by atoms with E-state index in [4.69, 9.17) is 4.98 Å². The van der Waals surface area contributed by atoms with E-state index < -0.39 is 0 Å². The third-order valence-electron chi connectivity index (χ3n) is 4.99. The molecule has 0 atom stereocenters. The summed E-state index contributed by atoms with van der Waals surface area (Å²) in [6.07, 6.45) is 7.49. The molecule has 29 heavy (non-hydrogen) atoms. The molecule has 1 aromatic carbocycles. The van der Waals surface area contributed by atoms with E-state index in [1.165, 1.54) is 31.0 Å². The number of anilines is 1. The predicted molar refractivity (Wildman–Crippen MR) is 120 cm³/mol. The van der Waals surface area contributed by atoms with Crippen molar-refractivity contribution in [2.75, 3.05) is 30.8 Å². The smallest absolute Gasteiger partial charge is 0.251 e. The highest BCUT2D eigenvalue weighted by Gasteiger charge is 2.19. The number of benzene rings is 1. The normalized spacial score (nSPS) is 14.3. The van der Waals surface area contributed by atoms with Gasteiger partial charge >= 0.3 is 0 Å². The minimum absolute atomic E-state index is 0.101. The number of hydrogen-bond acceptors (Lipinski definition) is 6. The summed E-state index contributed by atoms with van der Waals surface area (Å²) in [4.78, 5) is 24.1. The number of hydrogen-bond donors (Lipinski definition) is 1. The molecule has 1 fully saturated rings. The van der Waals surface area contributed by atoms with Gasteiger partial charge in [0.25, 0.3) is 5.91 Å². The number of halogens is 1. The Morgan fingerprint density at radius 1 is 1.24 bits per heavy atom. The van der Waals surface area contributed by atoms with Crippen LogP contribution in [0, 0.1) is 0 Å². The Morgan fingerprint density at radius 3 is 2.83 bits per heavy atom. The third kappa shape index (κ3) is 4.56. The number of carbonyl (C=O) groups is 1. The molecule has 1 N–H and O–H groups in total. The lowest BCUT2D eigenvalue weighted by atomic mass is 10.1. The van der Waals surface area contributed by atoms with Gasteiger partial charge in [-0.15, -0.1) is 0 Å². The van der Waals surface area contributed by atoms with Gasteiger partial charge < -0.3 is 10.2 Å². The second kappa shape index (κ2) is 9.13. The minimum Gasteiger partial charge on any atom is -0.356 e. The van der Waals surface area contributed by atoms with Crippen LogP contribution in [0.25, 0.3) is 11.0 Å². The number of rotatable bonds is 6. The SMILES string of the molecule is CSc1nc(N2CCCCC2)c2cnn(CCNC(=O)c3cccc(Br)c3)c2n1. The van der Waals surface area contributed by atoms with E-state index in [9.17, 15) is 4.79 Å². The summed E-state index contributed by atoms with van der Waals surface area (Å²) >= 11 is 4.93. The Bertz CT molecular complexity index is 1020. The lowest BCUT2D eigenvalue weighted by molar-refractivity contribution is 0.0952. The number of aromatic nitrogens is 4. The van der Waals surface area contributed by atoms with Crippen molar-refractivity contribution in [3.63, 3.8) is 0 Å². The van der Waals surface area contributed by atoms with Gasteiger partial charge in [-0.25, -0.2) is 14.6 Å². The van der Waals surface area contributed by atoms with E-state index in [-0.39, 0.29) is 5.91 Å². The zero-order chi connectivity index (χ0) is 20.2. The highest BCUT2D eigenvalue weighted by Crippen LogP contribution is 2.28. The number of carbonyl (C=O) groups excluding carboxylic acids is 1. The molecule has 0 spiro atoms. The first-order valence-corrected chi connectivity index (χ1v) is 11.7. The first-order chi connectivity index (χ1) is 14.2. The van der Waals surface area contributed by atoms with Gasteiger partial charge in [-0.2, -0.15) is 5.10 Å². The molecule has 3 heterocycles. The number of piperidine rings is 1. The molecule has 0 unspecified atom stereocenters. The maximum atomic E-state index is 12.4. The van der Waals surface area contributed by atoms with Gasteiger partial charge in [-0.05, 0) is 43.7 Å². The molecule has 3 aromatic rings. The largest absolute Gasteiger partial charge is 0.356 e. The molecule has 1 aliphatic heterocycles. The van der Waals surface area contributed by atoms with Gasteiger partial charge in [0.05, 0.1) is 18.1 Å². The fourth-order valence-electron chi connectivity index (χ4n) is 3.53. The van der Waals surface area contributed by atoms with Gasteiger partial charge in [-0.3, -0.25) is 4.79 Å². The quantitative estimate of drug-likeness (QED) is 0.433. The van der Waals surface area contributed by atoms with Gasteiger partial charge in [0, 0.05) is 29.7 Å². The maximum absolute atomic E-state index is 12.4. The molecule has 1 saturated heterocycles. The molecule has 2 aromatic heterocycles. The molecule has 0 saturated carbocycles. The average molecular weight is 475 g/mol. The number of nitrogens with one attached hydrogen (secondary N) is 1. The molecule has 0 radical (unpaired) electrons. The minimum atomic E-state index is -0.101.